The Bertz CT molecular complexity index is 742. The molecule has 3 rings (SSSR count). The molecule has 0 aliphatic carbocycles. The number of nitrogens with one attached hydrogen (secondary N) is 1. The summed E-state index contributed by atoms with van der Waals surface area (Å²) in [6.07, 6.45) is -2.95. The molecule has 0 radical (unpaired) electrons. The summed E-state index contributed by atoms with van der Waals surface area (Å²) in [6, 6.07) is 2.95. The summed E-state index contributed by atoms with van der Waals surface area (Å²) in [5.41, 5.74) is 5.32. The molecule has 0 atom stereocenters. The second kappa shape index (κ2) is 6.91. The molecular weight excluding hydrogens is 465 g/mol. The third-order valence-electron chi connectivity index (χ3n) is 4.74. The first-order chi connectivity index (χ1) is 12.1. The maximum atomic E-state index is 13.8. The van der Waals surface area contributed by atoms with Crippen LogP contribution in [0.1, 0.15) is 30.9 Å². The Morgan fingerprint density at radius 2 is 2.00 bits per heavy atom. The molecule has 4 nitrogen and oxygen atoms in total. The zero-order valence-electron chi connectivity index (χ0n) is 14.2. The Balaban J connectivity index is 1.68. The van der Waals surface area contributed by atoms with E-state index in [0.717, 1.165) is 25.0 Å². The van der Waals surface area contributed by atoms with Crippen LogP contribution in [-0.2, 0) is 11.0 Å². The first kappa shape index (κ1) is 19.3. The molecule has 9 heteroatoms. The Hall–Kier alpha value is -1.49. The predicted molar refractivity (Wildman–Crippen MR) is 100 cm³/mol. The van der Waals surface area contributed by atoms with Crippen molar-refractivity contribution < 1.29 is 22.4 Å². The van der Waals surface area contributed by atoms with Crippen LogP contribution >= 0.6 is 20.1 Å². The van der Waals surface area contributed by atoms with Crippen LogP contribution in [0.3, 0.4) is 0 Å². The van der Waals surface area contributed by atoms with Gasteiger partial charge < -0.3 is 0 Å². The molecule has 2 aliphatic heterocycles. The SMILES string of the molecule is C=C(c1ccc(C(F)(F)F)c(F)c1)N1CCC(C)(I2C=C(N)ON2)CC1. The molecule has 1 aromatic rings. The quantitative estimate of drug-likeness (QED) is 0.289. The molecule has 3 N–H and O–H groups in total. The van der Waals surface area contributed by atoms with E-state index in [1.807, 2.05) is 8.98 Å². The number of halogens is 5. The summed E-state index contributed by atoms with van der Waals surface area (Å²) in [6.45, 7) is 7.54. The molecule has 2 heterocycles. The van der Waals surface area contributed by atoms with Crippen LogP contribution in [0, 0.1) is 5.82 Å². The minimum atomic E-state index is -4.70. The van der Waals surface area contributed by atoms with Crippen LogP contribution in [0.15, 0.2) is 34.7 Å². The van der Waals surface area contributed by atoms with Crippen molar-refractivity contribution in [2.45, 2.75) is 29.4 Å². The molecule has 0 saturated carbocycles. The standard InChI is InChI=1S/C17H20F4IN3O/c1-11(12-3-4-13(14(18)9-12)17(19,20)21)25-7-5-16(2,6-8-25)22-10-15(23)26-24-22/h3-4,9-10,24H,1,5-8,23H2,2H3. The molecule has 0 aromatic heterocycles. The Morgan fingerprint density at radius 3 is 2.50 bits per heavy atom. The van der Waals surface area contributed by atoms with Gasteiger partial charge in [0, 0.05) is 0 Å². The van der Waals surface area contributed by atoms with Crippen molar-refractivity contribution in [3.8, 4) is 0 Å². The van der Waals surface area contributed by atoms with Crippen LogP contribution in [0.5, 0.6) is 0 Å². The fraction of sp³-hybridized carbons (Fsp3) is 0.412. The third-order valence-corrected chi connectivity index (χ3v) is 10.6. The van der Waals surface area contributed by atoms with E-state index in [9.17, 15) is 17.6 Å². The zero-order chi connectivity index (χ0) is 19.1. The molecule has 0 amide bonds. The van der Waals surface area contributed by atoms with E-state index in [2.05, 4.69) is 17.2 Å². The van der Waals surface area contributed by atoms with E-state index >= 15 is 0 Å². The number of hydrogen-bond acceptors (Lipinski definition) is 4. The van der Waals surface area contributed by atoms with E-state index in [-0.39, 0.29) is 3.42 Å². The fourth-order valence-electron chi connectivity index (χ4n) is 3.02. The molecule has 0 unspecified atom stereocenters. The normalized spacial score (nSPS) is 21.3. The second-order valence-corrected chi connectivity index (χ2v) is 12.0. The second-order valence-electron chi connectivity index (χ2n) is 6.54. The fourth-order valence-corrected chi connectivity index (χ4v) is 7.30. The van der Waals surface area contributed by atoms with E-state index < -0.39 is 37.7 Å². The average molecular weight is 485 g/mol. The van der Waals surface area contributed by atoms with Crippen LogP contribution < -0.4 is 9.43 Å². The Labute approximate surface area is 156 Å². The molecule has 144 valence electrons. The van der Waals surface area contributed by atoms with Gasteiger partial charge in [0.2, 0.25) is 0 Å². The van der Waals surface area contributed by atoms with Gasteiger partial charge >= 0.3 is 157 Å². The van der Waals surface area contributed by atoms with Crippen molar-refractivity contribution in [1.29, 1.82) is 0 Å². The van der Waals surface area contributed by atoms with Gasteiger partial charge in [0.15, 0.2) is 0 Å². The predicted octanol–water partition coefficient (Wildman–Crippen LogP) is 4.38. The molecular formula is C17H20F4IN3O. The number of rotatable bonds is 3. The van der Waals surface area contributed by atoms with Crippen LogP contribution in [-0.4, -0.2) is 21.4 Å². The van der Waals surface area contributed by atoms with Crippen molar-refractivity contribution in [2.24, 2.45) is 5.73 Å². The van der Waals surface area contributed by atoms with Gasteiger partial charge in [0.25, 0.3) is 0 Å². The number of hydrogen-bond donors (Lipinski definition) is 2. The van der Waals surface area contributed by atoms with Crippen molar-refractivity contribution >= 4 is 25.8 Å². The van der Waals surface area contributed by atoms with Crippen molar-refractivity contribution in [3.63, 3.8) is 0 Å². The number of nitrogens with zero attached hydrogens (tertiary/aromatic N) is 1. The van der Waals surface area contributed by atoms with Gasteiger partial charge in [0.1, 0.15) is 0 Å². The number of likely N-dealkylation sites (tertiary alicyclic amines) is 1. The number of alkyl halides is 4. The van der Waals surface area contributed by atoms with E-state index in [1.165, 1.54) is 6.07 Å². The summed E-state index contributed by atoms with van der Waals surface area (Å²) in [7, 11) is 0. The topological polar surface area (TPSA) is 50.5 Å². The molecule has 0 spiro atoms. The molecule has 26 heavy (non-hydrogen) atoms. The number of nitrogens with two attached hydrogens (primary N) is 1. The monoisotopic (exact) mass is 485 g/mol. The van der Waals surface area contributed by atoms with E-state index in [4.69, 9.17) is 10.6 Å². The molecule has 1 saturated heterocycles. The average Bonchev–Trinajstić information content (AvgIpc) is 3.01. The third kappa shape index (κ3) is 3.78. The molecule has 2 aliphatic rings. The Kier molecular flexibility index (Phi) is 5.13. The molecule has 1 aromatic carbocycles. The number of piperidine rings is 1. The summed E-state index contributed by atoms with van der Waals surface area (Å²) in [5, 5.41) is 0. The summed E-state index contributed by atoms with van der Waals surface area (Å²) in [4.78, 5) is 7.16. The number of benzene rings is 1. The summed E-state index contributed by atoms with van der Waals surface area (Å²) >= 11 is -1.69. The van der Waals surface area contributed by atoms with Gasteiger partial charge in [-0.3, -0.25) is 0 Å². The Morgan fingerprint density at radius 1 is 1.35 bits per heavy atom. The maximum absolute atomic E-state index is 13.8. The molecule has 1 fully saturated rings. The van der Waals surface area contributed by atoms with E-state index in [1.54, 1.807) is 0 Å². The first-order valence-electron chi connectivity index (χ1n) is 7.99. The van der Waals surface area contributed by atoms with Gasteiger partial charge in [-0.25, -0.2) is 0 Å². The molecule has 0 bridgehead atoms. The van der Waals surface area contributed by atoms with Crippen LogP contribution in [0.4, 0.5) is 17.6 Å². The van der Waals surface area contributed by atoms with Gasteiger partial charge in [-0.2, -0.15) is 0 Å². The van der Waals surface area contributed by atoms with Crippen molar-refractivity contribution in [2.75, 3.05) is 13.1 Å². The van der Waals surface area contributed by atoms with Crippen LogP contribution in [0.25, 0.3) is 5.70 Å². The zero-order valence-corrected chi connectivity index (χ0v) is 16.3. The minimum absolute atomic E-state index is 0.0905. The van der Waals surface area contributed by atoms with Crippen LogP contribution in [0.2, 0.25) is 0 Å². The van der Waals surface area contributed by atoms with Gasteiger partial charge in [-0.1, -0.05) is 0 Å². The van der Waals surface area contributed by atoms with Crippen molar-refractivity contribution in [3.05, 3.63) is 51.7 Å². The first-order valence-corrected chi connectivity index (χ1v) is 11.4. The van der Waals surface area contributed by atoms with Crippen molar-refractivity contribution in [1.82, 2.24) is 8.59 Å². The summed E-state index contributed by atoms with van der Waals surface area (Å²) < 4.78 is 57.1. The summed E-state index contributed by atoms with van der Waals surface area (Å²) in [5.74, 6) is -0.859. The van der Waals surface area contributed by atoms with Gasteiger partial charge in [-0.05, 0) is 0 Å². The van der Waals surface area contributed by atoms with E-state index in [0.29, 0.717) is 30.2 Å². The van der Waals surface area contributed by atoms with Gasteiger partial charge in [-0.15, -0.1) is 0 Å². The van der Waals surface area contributed by atoms with Gasteiger partial charge in [0.05, 0.1) is 0 Å².